The van der Waals surface area contributed by atoms with Gasteiger partial charge in [0.1, 0.15) is 0 Å². The van der Waals surface area contributed by atoms with E-state index in [-0.39, 0.29) is 17.4 Å². The molecule has 1 unspecified atom stereocenters. The summed E-state index contributed by atoms with van der Waals surface area (Å²) in [5.41, 5.74) is 0.220. The van der Waals surface area contributed by atoms with Crippen molar-refractivity contribution in [1.29, 1.82) is 0 Å². The van der Waals surface area contributed by atoms with Crippen molar-refractivity contribution in [2.75, 3.05) is 32.8 Å². The van der Waals surface area contributed by atoms with Crippen LogP contribution in [-0.2, 0) is 9.53 Å². The minimum atomic E-state index is -0.0997. The third-order valence-electron chi connectivity index (χ3n) is 3.18. The van der Waals surface area contributed by atoms with Crippen LogP contribution < -0.4 is 5.32 Å². The van der Waals surface area contributed by atoms with Gasteiger partial charge in [-0.05, 0) is 20.8 Å². The zero-order chi connectivity index (χ0) is 12.2. The highest BCUT2D eigenvalue weighted by Gasteiger charge is 2.34. The number of nitrogens with one attached hydrogen (secondary N) is 1. The molecule has 1 N–H and O–H groups in total. The van der Waals surface area contributed by atoms with Gasteiger partial charge >= 0.3 is 0 Å². The Balaban J connectivity index is 2.33. The molecule has 1 rings (SSSR count). The molecule has 0 aromatic rings. The molecule has 0 radical (unpaired) electrons. The average molecular weight is 228 g/mol. The summed E-state index contributed by atoms with van der Waals surface area (Å²) in [5, 5.41) is 3.30. The first-order valence-electron chi connectivity index (χ1n) is 6.12. The number of ether oxygens (including phenoxy) is 1. The zero-order valence-corrected chi connectivity index (χ0v) is 10.9. The van der Waals surface area contributed by atoms with Gasteiger partial charge in [0.2, 0.25) is 5.91 Å². The Kier molecular flexibility index (Phi) is 4.74. The molecule has 4 nitrogen and oxygen atoms in total. The number of rotatable bonds is 6. The molecule has 0 aliphatic carbocycles. The molecule has 4 heteroatoms. The Labute approximate surface area is 98.3 Å². The van der Waals surface area contributed by atoms with Crippen LogP contribution in [0.2, 0.25) is 0 Å². The molecule has 16 heavy (non-hydrogen) atoms. The van der Waals surface area contributed by atoms with Crippen LogP contribution in [0.4, 0.5) is 0 Å². The smallest absolute Gasteiger partial charge is 0.239 e. The maximum atomic E-state index is 12.0. The number of amides is 1. The molecule has 0 aromatic heterocycles. The first-order chi connectivity index (χ1) is 7.52. The summed E-state index contributed by atoms with van der Waals surface area (Å²) in [6.45, 7) is 12.1. The van der Waals surface area contributed by atoms with Crippen LogP contribution in [0.5, 0.6) is 0 Å². The number of hydrogen-bond acceptors (Lipinski definition) is 3. The number of carbonyl (C=O) groups is 1. The molecule has 1 aliphatic heterocycles. The molecule has 94 valence electrons. The Hall–Kier alpha value is -0.610. The molecule has 1 amide bonds. The quantitative estimate of drug-likeness (QED) is 0.733. The molecule has 1 atom stereocenters. The first kappa shape index (κ1) is 13.5. The van der Waals surface area contributed by atoms with Crippen LogP contribution >= 0.6 is 0 Å². The van der Waals surface area contributed by atoms with Gasteiger partial charge in [-0.1, -0.05) is 6.92 Å². The second kappa shape index (κ2) is 5.64. The first-order valence-corrected chi connectivity index (χ1v) is 6.12. The van der Waals surface area contributed by atoms with Crippen molar-refractivity contribution in [2.24, 2.45) is 5.41 Å². The summed E-state index contributed by atoms with van der Waals surface area (Å²) in [6, 6.07) is -0.0997. The SMILES string of the molecule is CCN(CC)C(=O)C(C)NCC1(C)COC1. The van der Waals surface area contributed by atoms with E-state index in [1.54, 1.807) is 0 Å². The highest BCUT2D eigenvalue weighted by Crippen LogP contribution is 2.25. The average Bonchev–Trinajstić information content (AvgIpc) is 2.24. The standard InChI is InChI=1S/C12H24N2O2/c1-5-14(6-2)11(15)10(3)13-7-12(4)8-16-9-12/h10,13H,5-9H2,1-4H3. The number of nitrogens with zero attached hydrogens (tertiary/aromatic N) is 1. The fourth-order valence-electron chi connectivity index (χ4n) is 1.85. The maximum absolute atomic E-state index is 12.0. The van der Waals surface area contributed by atoms with Gasteiger partial charge in [0, 0.05) is 25.0 Å². The van der Waals surface area contributed by atoms with Crippen molar-refractivity contribution < 1.29 is 9.53 Å². The third-order valence-corrected chi connectivity index (χ3v) is 3.18. The fourth-order valence-corrected chi connectivity index (χ4v) is 1.85. The van der Waals surface area contributed by atoms with Crippen LogP contribution in [0, 0.1) is 5.41 Å². The van der Waals surface area contributed by atoms with Crippen molar-refractivity contribution in [1.82, 2.24) is 10.2 Å². The van der Waals surface area contributed by atoms with Crippen LogP contribution in [0.1, 0.15) is 27.7 Å². The predicted molar refractivity (Wildman–Crippen MR) is 64.3 cm³/mol. The second-order valence-electron chi connectivity index (χ2n) is 4.92. The van der Waals surface area contributed by atoms with Crippen molar-refractivity contribution in [3.8, 4) is 0 Å². The Morgan fingerprint density at radius 1 is 1.44 bits per heavy atom. The molecule has 0 saturated carbocycles. The van der Waals surface area contributed by atoms with Crippen LogP contribution in [-0.4, -0.2) is 49.7 Å². The molecule has 1 heterocycles. The van der Waals surface area contributed by atoms with E-state index in [9.17, 15) is 4.79 Å². The van der Waals surface area contributed by atoms with Gasteiger partial charge in [0.25, 0.3) is 0 Å². The van der Waals surface area contributed by atoms with E-state index in [1.165, 1.54) is 0 Å². The van der Waals surface area contributed by atoms with Crippen molar-refractivity contribution in [2.45, 2.75) is 33.7 Å². The lowest BCUT2D eigenvalue weighted by atomic mass is 9.88. The Morgan fingerprint density at radius 2 is 2.00 bits per heavy atom. The van der Waals surface area contributed by atoms with E-state index in [4.69, 9.17) is 4.74 Å². The molecule has 1 aliphatic rings. The minimum absolute atomic E-state index is 0.0997. The van der Waals surface area contributed by atoms with E-state index >= 15 is 0 Å². The second-order valence-corrected chi connectivity index (χ2v) is 4.92. The van der Waals surface area contributed by atoms with Crippen molar-refractivity contribution >= 4 is 5.91 Å². The largest absolute Gasteiger partial charge is 0.380 e. The molecular formula is C12H24N2O2. The molecule has 0 aromatic carbocycles. The summed E-state index contributed by atoms with van der Waals surface area (Å²) in [7, 11) is 0. The molecular weight excluding hydrogens is 204 g/mol. The monoisotopic (exact) mass is 228 g/mol. The Bertz CT molecular complexity index is 235. The van der Waals surface area contributed by atoms with E-state index in [0.29, 0.717) is 0 Å². The van der Waals surface area contributed by atoms with Gasteiger partial charge in [0.05, 0.1) is 19.3 Å². The van der Waals surface area contributed by atoms with Crippen LogP contribution in [0.15, 0.2) is 0 Å². The minimum Gasteiger partial charge on any atom is -0.380 e. The predicted octanol–water partition coefficient (Wildman–Crippen LogP) is 0.869. The van der Waals surface area contributed by atoms with Gasteiger partial charge in [-0.25, -0.2) is 0 Å². The highest BCUT2D eigenvalue weighted by atomic mass is 16.5. The van der Waals surface area contributed by atoms with Gasteiger partial charge in [0.15, 0.2) is 0 Å². The number of carbonyl (C=O) groups excluding carboxylic acids is 1. The topological polar surface area (TPSA) is 41.6 Å². The van der Waals surface area contributed by atoms with Crippen LogP contribution in [0.3, 0.4) is 0 Å². The normalized spacial score (nSPS) is 20.0. The van der Waals surface area contributed by atoms with E-state index in [2.05, 4.69) is 12.2 Å². The summed E-state index contributed by atoms with van der Waals surface area (Å²) in [4.78, 5) is 13.8. The van der Waals surface area contributed by atoms with Gasteiger partial charge in [-0.15, -0.1) is 0 Å². The number of likely N-dealkylation sites (N-methyl/N-ethyl adjacent to an activating group) is 1. The van der Waals surface area contributed by atoms with E-state index < -0.39 is 0 Å². The lowest BCUT2D eigenvalue weighted by Crippen LogP contribution is -2.52. The molecule has 1 fully saturated rings. The number of hydrogen-bond donors (Lipinski definition) is 1. The summed E-state index contributed by atoms with van der Waals surface area (Å²) in [6.07, 6.45) is 0. The third kappa shape index (κ3) is 3.19. The lowest BCUT2D eigenvalue weighted by molar-refractivity contribution is -0.134. The van der Waals surface area contributed by atoms with Gasteiger partial charge in [-0.2, -0.15) is 0 Å². The summed E-state index contributed by atoms with van der Waals surface area (Å²) < 4.78 is 5.19. The Morgan fingerprint density at radius 3 is 2.38 bits per heavy atom. The fraction of sp³-hybridized carbons (Fsp3) is 0.917. The zero-order valence-electron chi connectivity index (χ0n) is 10.9. The lowest BCUT2D eigenvalue weighted by Gasteiger charge is -2.39. The highest BCUT2D eigenvalue weighted by molar-refractivity contribution is 5.81. The van der Waals surface area contributed by atoms with E-state index in [1.807, 2.05) is 25.7 Å². The van der Waals surface area contributed by atoms with Crippen LogP contribution in [0.25, 0.3) is 0 Å². The van der Waals surface area contributed by atoms with E-state index in [0.717, 1.165) is 32.8 Å². The van der Waals surface area contributed by atoms with Gasteiger partial charge in [-0.3, -0.25) is 4.79 Å². The van der Waals surface area contributed by atoms with Crippen molar-refractivity contribution in [3.63, 3.8) is 0 Å². The van der Waals surface area contributed by atoms with Gasteiger partial charge < -0.3 is 15.0 Å². The summed E-state index contributed by atoms with van der Waals surface area (Å²) >= 11 is 0. The molecule has 0 spiro atoms. The maximum Gasteiger partial charge on any atom is 0.239 e. The molecule has 1 saturated heterocycles. The molecule has 0 bridgehead atoms. The summed E-state index contributed by atoms with van der Waals surface area (Å²) in [5.74, 6) is 0.189. The van der Waals surface area contributed by atoms with Crippen molar-refractivity contribution in [3.05, 3.63) is 0 Å².